The number of hydrogen-bond donors (Lipinski definition) is 3. The van der Waals surface area contributed by atoms with Gasteiger partial charge < -0.3 is 15.0 Å². The fraction of sp³-hybridized carbons (Fsp3) is 0.333. The number of aromatic nitrogens is 7. The van der Waals surface area contributed by atoms with Gasteiger partial charge in [-0.05, 0) is 36.2 Å². The predicted octanol–water partition coefficient (Wildman–Crippen LogP) is 7.13. The standard InChI is InChI=1S/C36H31ClF7N9O3S/c1-52-30-19(5-7-23(37)28(30)34(50-52)51-57(3,54)55)21-14-25-33(47-26(46-25)15-56-2)48-29(21)24(12-16-10-17(38)13-18(39)11-16)45-8-9-53-32-27(31(49-53)36(42,43)44)20-4-6-22(20)35(32,40)41/h4-7,10-11,13-14,20,22,24,45H,8-9,12,15H2,1-3H3,(H,50,51)(H,46,47,48)/t20-,22+,24-/m0/s1. The molecule has 0 bridgehead atoms. The molecular weight excluding hydrogens is 807 g/mol. The number of ether oxygens (including phenoxy) is 1. The van der Waals surface area contributed by atoms with Crippen molar-refractivity contribution in [3.05, 3.63) is 99.2 Å². The second kappa shape index (κ2) is 13.8. The summed E-state index contributed by atoms with van der Waals surface area (Å²) in [5, 5.41) is 11.6. The van der Waals surface area contributed by atoms with E-state index in [1.165, 1.54) is 30.0 Å². The number of nitrogens with zero attached hydrogens (tertiary/aromatic N) is 6. The number of aromatic amines is 1. The normalized spacial score (nSPS) is 17.9. The number of alkyl halides is 5. The van der Waals surface area contributed by atoms with Crippen LogP contribution in [0.15, 0.2) is 48.6 Å². The van der Waals surface area contributed by atoms with Crippen LogP contribution in [0.5, 0.6) is 0 Å². The summed E-state index contributed by atoms with van der Waals surface area (Å²) >= 11 is 6.62. The Morgan fingerprint density at radius 2 is 1.79 bits per heavy atom. The molecule has 300 valence electrons. The fourth-order valence-electron chi connectivity index (χ4n) is 7.74. The molecule has 2 aromatic carbocycles. The number of sulfonamides is 1. The maximum atomic E-state index is 15.6. The van der Waals surface area contributed by atoms with Crippen molar-refractivity contribution in [2.75, 3.05) is 24.6 Å². The van der Waals surface area contributed by atoms with Gasteiger partial charge in [-0.2, -0.15) is 32.1 Å². The van der Waals surface area contributed by atoms with Crippen LogP contribution in [0.4, 0.5) is 36.6 Å². The lowest BCUT2D eigenvalue weighted by Gasteiger charge is -2.28. The number of hydrogen-bond acceptors (Lipinski definition) is 8. The van der Waals surface area contributed by atoms with Crippen molar-refractivity contribution >= 4 is 49.5 Å². The van der Waals surface area contributed by atoms with Gasteiger partial charge in [0.25, 0.3) is 5.92 Å². The van der Waals surface area contributed by atoms with Gasteiger partial charge in [0.15, 0.2) is 17.2 Å². The van der Waals surface area contributed by atoms with Gasteiger partial charge in [0, 0.05) is 49.4 Å². The quantitative estimate of drug-likeness (QED) is 0.0874. The highest BCUT2D eigenvalue weighted by molar-refractivity contribution is 7.92. The Balaban J connectivity index is 1.27. The van der Waals surface area contributed by atoms with Gasteiger partial charge >= 0.3 is 6.18 Å². The Hall–Kier alpha value is -5.05. The molecule has 3 N–H and O–H groups in total. The highest BCUT2D eigenvalue weighted by Crippen LogP contribution is 2.60. The monoisotopic (exact) mass is 837 g/mol. The Kier molecular flexibility index (Phi) is 9.40. The molecule has 2 aliphatic carbocycles. The number of fused-ring (bicyclic) bond motifs is 5. The molecule has 0 unspecified atom stereocenters. The minimum atomic E-state index is -4.99. The van der Waals surface area contributed by atoms with E-state index in [9.17, 15) is 30.4 Å². The van der Waals surface area contributed by atoms with E-state index in [0.717, 1.165) is 18.4 Å². The molecule has 0 amide bonds. The highest BCUT2D eigenvalue weighted by Gasteiger charge is 2.61. The van der Waals surface area contributed by atoms with Crippen LogP contribution >= 0.6 is 11.6 Å². The second-order valence-corrected chi connectivity index (χ2v) is 16.1. The van der Waals surface area contributed by atoms with Crippen molar-refractivity contribution in [3.63, 3.8) is 0 Å². The van der Waals surface area contributed by atoms with Gasteiger partial charge in [0.05, 0.1) is 51.9 Å². The number of aryl methyl sites for hydroxylation is 1. The summed E-state index contributed by atoms with van der Waals surface area (Å²) in [5.41, 5.74) is -0.557. The van der Waals surface area contributed by atoms with Gasteiger partial charge in [0.2, 0.25) is 10.0 Å². The molecule has 57 heavy (non-hydrogen) atoms. The lowest BCUT2D eigenvalue weighted by molar-refractivity contribution is -0.142. The number of methoxy groups -OCH3 is 1. The number of anilines is 1. The third-order valence-corrected chi connectivity index (χ3v) is 10.9. The van der Waals surface area contributed by atoms with Crippen LogP contribution in [0.2, 0.25) is 5.02 Å². The molecule has 6 aromatic rings. The van der Waals surface area contributed by atoms with E-state index in [0.29, 0.717) is 38.7 Å². The lowest BCUT2D eigenvalue weighted by Crippen LogP contribution is -2.32. The van der Waals surface area contributed by atoms with E-state index in [1.54, 1.807) is 19.2 Å². The SMILES string of the molecule is COCc1nc2nc([C@H](Cc3cc(F)cc(F)c3)NCCn3nc(C(F)(F)F)c4c3C(F)(F)[C@@H]3C=C[C@H]43)c(-c3ccc(Cl)c4c(NS(C)(=O)=O)nn(C)c34)cc2[nH]1. The molecule has 0 spiro atoms. The van der Waals surface area contributed by atoms with Crippen LogP contribution in [-0.2, 0) is 53.5 Å². The maximum Gasteiger partial charge on any atom is 0.435 e. The summed E-state index contributed by atoms with van der Waals surface area (Å²) in [5.74, 6) is -7.57. The molecule has 0 radical (unpaired) electrons. The van der Waals surface area contributed by atoms with Gasteiger partial charge in [-0.15, -0.1) is 0 Å². The summed E-state index contributed by atoms with van der Waals surface area (Å²) in [4.78, 5) is 12.5. The third-order valence-electron chi connectivity index (χ3n) is 9.99. The number of benzene rings is 2. The number of rotatable bonds is 12. The van der Waals surface area contributed by atoms with E-state index < -0.39 is 75.1 Å². The number of allylic oxidation sites excluding steroid dienone is 2. The molecule has 4 heterocycles. The Morgan fingerprint density at radius 3 is 2.44 bits per heavy atom. The average Bonchev–Trinajstić information content (AvgIpc) is 3.78. The van der Waals surface area contributed by atoms with E-state index in [1.807, 2.05) is 0 Å². The van der Waals surface area contributed by atoms with Crippen LogP contribution in [-0.4, -0.2) is 62.8 Å². The second-order valence-electron chi connectivity index (χ2n) is 14.0. The lowest BCUT2D eigenvalue weighted by atomic mass is 9.81. The zero-order chi connectivity index (χ0) is 40.8. The van der Waals surface area contributed by atoms with Crippen molar-refractivity contribution in [2.24, 2.45) is 13.0 Å². The molecule has 0 fully saturated rings. The molecule has 4 aromatic heterocycles. The number of H-pyrrole nitrogens is 1. The van der Waals surface area contributed by atoms with Crippen molar-refractivity contribution < 1.29 is 43.9 Å². The first-order valence-corrected chi connectivity index (χ1v) is 19.6. The largest absolute Gasteiger partial charge is 0.435 e. The summed E-state index contributed by atoms with van der Waals surface area (Å²) in [6, 6.07) is 6.75. The van der Waals surface area contributed by atoms with Crippen LogP contribution in [0, 0.1) is 17.6 Å². The first-order chi connectivity index (χ1) is 26.8. The molecular formula is C36H31ClF7N9O3S. The first-order valence-electron chi connectivity index (χ1n) is 17.3. The van der Waals surface area contributed by atoms with E-state index in [2.05, 4.69) is 30.2 Å². The summed E-state index contributed by atoms with van der Waals surface area (Å²) in [7, 11) is -0.781. The van der Waals surface area contributed by atoms with Gasteiger partial charge in [-0.25, -0.2) is 27.2 Å². The zero-order valence-electron chi connectivity index (χ0n) is 30.0. The summed E-state index contributed by atoms with van der Waals surface area (Å²) in [6.45, 7) is -0.632. The third kappa shape index (κ3) is 6.91. The molecule has 3 atom stereocenters. The number of pyridine rings is 1. The van der Waals surface area contributed by atoms with Crippen molar-refractivity contribution in [3.8, 4) is 11.1 Å². The zero-order valence-corrected chi connectivity index (χ0v) is 31.6. The Labute approximate surface area is 324 Å². The summed E-state index contributed by atoms with van der Waals surface area (Å²) < 4.78 is 137. The van der Waals surface area contributed by atoms with Crippen LogP contribution in [0.1, 0.15) is 46.0 Å². The maximum absolute atomic E-state index is 15.6. The molecule has 0 aliphatic heterocycles. The minimum Gasteiger partial charge on any atom is -0.377 e. The van der Waals surface area contributed by atoms with Crippen LogP contribution < -0.4 is 10.0 Å². The Morgan fingerprint density at radius 1 is 1.05 bits per heavy atom. The summed E-state index contributed by atoms with van der Waals surface area (Å²) in [6.07, 6.45) is -1.70. The number of nitrogens with one attached hydrogen (secondary N) is 3. The molecule has 12 nitrogen and oxygen atoms in total. The fourth-order valence-corrected chi connectivity index (χ4v) is 8.47. The smallest absolute Gasteiger partial charge is 0.377 e. The molecule has 2 aliphatic rings. The number of imidazole rings is 1. The average molecular weight is 838 g/mol. The molecule has 8 rings (SSSR count). The van der Waals surface area contributed by atoms with Crippen molar-refractivity contribution in [1.82, 2.24) is 39.8 Å². The Bertz CT molecular complexity index is 2710. The van der Waals surface area contributed by atoms with Crippen molar-refractivity contribution in [2.45, 2.75) is 43.6 Å². The van der Waals surface area contributed by atoms with Crippen LogP contribution in [0.25, 0.3) is 33.2 Å². The van der Waals surface area contributed by atoms with E-state index >= 15 is 8.78 Å². The minimum absolute atomic E-state index is 0.0586. The number of halogens is 8. The molecule has 0 saturated heterocycles. The van der Waals surface area contributed by atoms with E-state index in [4.69, 9.17) is 21.3 Å². The van der Waals surface area contributed by atoms with Gasteiger partial charge in [-0.3, -0.25) is 14.1 Å². The van der Waals surface area contributed by atoms with Gasteiger partial charge in [-0.1, -0.05) is 29.8 Å². The van der Waals surface area contributed by atoms with Crippen LogP contribution in [0.3, 0.4) is 0 Å². The topological polar surface area (TPSA) is 145 Å². The first kappa shape index (κ1) is 38.8. The predicted molar refractivity (Wildman–Crippen MR) is 195 cm³/mol. The molecule has 0 saturated carbocycles. The van der Waals surface area contributed by atoms with Crippen molar-refractivity contribution in [1.29, 1.82) is 0 Å². The highest BCUT2D eigenvalue weighted by atomic mass is 35.5. The van der Waals surface area contributed by atoms with E-state index in [-0.39, 0.29) is 52.7 Å². The van der Waals surface area contributed by atoms with Gasteiger partial charge in [0.1, 0.15) is 29.8 Å². The molecule has 21 heteroatoms.